The van der Waals surface area contributed by atoms with Crippen LogP contribution >= 0.6 is 0 Å². The van der Waals surface area contributed by atoms with Gasteiger partial charge in [0.15, 0.2) is 5.78 Å². The van der Waals surface area contributed by atoms with Crippen molar-refractivity contribution in [3.05, 3.63) is 95.6 Å². The standard InChI is InChI=1S/C31H37NO4/c1-32(2)28-18-14-25(15-19-28)24-30(33)36-23-11-6-4-3-5-10-22-35-29-20-16-27(17-21-29)31(34)26-12-8-7-9-13-26/h7-9,12-21H,3-6,10-11,22-24H2,1-2H3. The van der Waals surface area contributed by atoms with Gasteiger partial charge in [-0.05, 0) is 54.8 Å². The van der Waals surface area contributed by atoms with E-state index in [1.165, 1.54) is 0 Å². The van der Waals surface area contributed by atoms with E-state index in [0.717, 1.165) is 55.5 Å². The summed E-state index contributed by atoms with van der Waals surface area (Å²) in [5.41, 5.74) is 3.45. The van der Waals surface area contributed by atoms with E-state index in [0.29, 0.717) is 30.8 Å². The number of ketones is 1. The Balaban J connectivity index is 1.19. The van der Waals surface area contributed by atoms with Gasteiger partial charge in [0.25, 0.3) is 0 Å². The Hall–Kier alpha value is -3.60. The molecule has 0 aromatic heterocycles. The van der Waals surface area contributed by atoms with E-state index in [1.54, 1.807) is 0 Å². The molecule has 0 atom stereocenters. The fraction of sp³-hybridized carbons (Fsp3) is 0.355. The van der Waals surface area contributed by atoms with Crippen LogP contribution < -0.4 is 9.64 Å². The van der Waals surface area contributed by atoms with Crippen molar-refractivity contribution in [2.24, 2.45) is 0 Å². The molecule has 0 spiro atoms. The summed E-state index contributed by atoms with van der Waals surface area (Å²) in [4.78, 5) is 26.5. The maximum atomic E-state index is 12.5. The molecule has 0 saturated heterocycles. The SMILES string of the molecule is CN(C)c1ccc(CC(=O)OCCCCCCCCOc2ccc(C(=O)c3ccccc3)cc2)cc1. The largest absolute Gasteiger partial charge is 0.494 e. The van der Waals surface area contributed by atoms with E-state index < -0.39 is 0 Å². The minimum Gasteiger partial charge on any atom is -0.494 e. The third kappa shape index (κ3) is 9.21. The van der Waals surface area contributed by atoms with Crippen LogP contribution in [-0.2, 0) is 16.0 Å². The van der Waals surface area contributed by atoms with E-state index >= 15 is 0 Å². The average Bonchev–Trinajstić information content (AvgIpc) is 2.90. The van der Waals surface area contributed by atoms with E-state index in [-0.39, 0.29) is 11.8 Å². The second-order valence-corrected chi connectivity index (χ2v) is 9.15. The topological polar surface area (TPSA) is 55.8 Å². The molecule has 0 aliphatic carbocycles. The van der Waals surface area contributed by atoms with Gasteiger partial charge in [0.2, 0.25) is 0 Å². The van der Waals surface area contributed by atoms with Gasteiger partial charge < -0.3 is 14.4 Å². The predicted molar refractivity (Wildman–Crippen MR) is 145 cm³/mol. The number of nitrogens with zero attached hydrogens (tertiary/aromatic N) is 1. The van der Waals surface area contributed by atoms with Gasteiger partial charge in [-0.1, -0.05) is 68.1 Å². The number of anilines is 1. The molecule has 0 heterocycles. The minimum absolute atomic E-state index is 0.0202. The number of carbonyl (C=O) groups excluding carboxylic acids is 2. The molecular formula is C31H37NO4. The Morgan fingerprint density at radius 1 is 0.667 bits per heavy atom. The van der Waals surface area contributed by atoms with Gasteiger partial charge in [-0.15, -0.1) is 0 Å². The van der Waals surface area contributed by atoms with E-state index in [1.807, 2.05) is 97.9 Å². The maximum absolute atomic E-state index is 12.5. The van der Waals surface area contributed by atoms with Crippen molar-refractivity contribution < 1.29 is 19.1 Å². The van der Waals surface area contributed by atoms with Crippen LogP contribution in [0.2, 0.25) is 0 Å². The van der Waals surface area contributed by atoms with Crippen molar-refractivity contribution >= 4 is 17.4 Å². The molecule has 0 N–H and O–H groups in total. The number of hydrogen-bond donors (Lipinski definition) is 0. The van der Waals surface area contributed by atoms with Gasteiger partial charge in [-0.3, -0.25) is 9.59 Å². The fourth-order valence-electron chi connectivity index (χ4n) is 3.88. The van der Waals surface area contributed by atoms with Crippen LogP contribution in [0.4, 0.5) is 5.69 Å². The zero-order valence-electron chi connectivity index (χ0n) is 21.4. The molecule has 190 valence electrons. The van der Waals surface area contributed by atoms with Crippen LogP contribution in [0.1, 0.15) is 60.0 Å². The number of carbonyl (C=O) groups is 2. The smallest absolute Gasteiger partial charge is 0.310 e. The van der Waals surface area contributed by atoms with Gasteiger partial charge >= 0.3 is 5.97 Å². The summed E-state index contributed by atoms with van der Waals surface area (Å²) < 4.78 is 11.2. The molecule has 3 aromatic rings. The molecule has 0 aliphatic rings. The summed E-state index contributed by atoms with van der Waals surface area (Å²) >= 11 is 0. The van der Waals surface area contributed by atoms with Crippen molar-refractivity contribution in [1.29, 1.82) is 0 Å². The quantitative estimate of drug-likeness (QED) is 0.139. The molecule has 0 unspecified atom stereocenters. The Kier molecular flexibility index (Phi) is 11.0. The Bertz CT molecular complexity index is 1060. The minimum atomic E-state index is -0.165. The van der Waals surface area contributed by atoms with Gasteiger partial charge in [-0.25, -0.2) is 0 Å². The third-order valence-electron chi connectivity index (χ3n) is 6.02. The molecule has 0 bridgehead atoms. The Morgan fingerprint density at radius 2 is 1.25 bits per heavy atom. The van der Waals surface area contributed by atoms with Gasteiger partial charge in [-0.2, -0.15) is 0 Å². The molecule has 0 radical (unpaired) electrons. The fourth-order valence-corrected chi connectivity index (χ4v) is 3.88. The molecule has 36 heavy (non-hydrogen) atoms. The molecule has 0 aliphatic heterocycles. The number of rotatable bonds is 15. The van der Waals surface area contributed by atoms with Crippen molar-refractivity contribution in [3.8, 4) is 5.75 Å². The van der Waals surface area contributed by atoms with Crippen LogP contribution in [0.25, 0.3) is 0 Å². The lowest BCUT2D eigenvalue weighted by molar-refractivity contribution is -0.142. The first-order chi connectivity index (χ1) is 17.5. The van der Waals surface area contributed by atoms with Crippen molar-refractivity contribution in [3.63, 3.8) is 0 Å². The van der Waals surface area contributed by atoms with Crippen molar-refractivity contribution in [1.82, 2.24) is 0 Å². The average molecular weight is 488 g/mol. The lowest BCUT2D eigenvalue weighted by Crippen LogP contribution is -2.10. The van der Waals surface area contributed by atoms with Crippen LogP contribution in [0.15, 0.2) is 78.9 Å². The van der Waals surface area contributed by atoms with Crippen LogP contribution in [-0.4, -0.2) is 39.1 Å². The number of benzene rings is 3. The molecule has 5 nitrogen and oxygen atoms in total. The molecule has 3 aromatic carbocycles. The molecule has 0 saturated carbocycles. The first-order valence-corrected chi connectivity index (χ1v) is 12.8. The van der Waals surface area contributed by atoms with E-state index in [9.17, 15) is 9.59 Å². The van der Waals surface area contributed by atoms with E-state index in [4.69, 9.17) is 9.47 Å². The Labute approximate surface area is 215 Å². The highest BCUT2D eigenvalue weighted by Gasteiger charge is 2.08. The summed E-state index contributed by atoms with van der Waals surface area (Å²) in [6, 6.07) is 24.6. The number of esters is 1. The van der Waals surface area contributed by atoms with Gasteiger partial charge in [0.1, 0.15) is 5.75 Å². The molecule has 5 heteroatoms. The number of ether oxygens (including phenoxy) is 2. The molecular weight excluding hydrogens is 450 g/mol. The van der Waals surface area contributed by atoms with Crippen molar-refractivity contribution in [2.45, 2.75) is 44.9 Å². The first-order valence-electron chi connectivity index (χ1n) is 12.8. The zero-order chi connectivity index (χ0) is 25.6. The van der Waals surface area contributed by atoms with Crippen LogP contribution in [0.3, 0.4) is 0 Å². The number of unbranched alkanes of at least 4 members (excludes halogenated alkanes) is 5. The van der Waals surface area contributed by atoms with Crippen molar-refractivity contribution in [2.75, 3.05) is 32.2 Å². The predicted octanol–water partition coefficient (Wildman–Crippen LogP) is 6.49. The van der Waals surface area contributed by atoms with Gasteiger partial charge in [0, 0.05) is 30.9 Å². The van der Waals surface area contributed by atoms with Crippen LogP contribution in [0, 0.1) is 0 Å². The third-order valence-corrected chi connectivity index (χ3v) is 6.02. The number of hydrogen-bond acceptors (Lipinski definition) is 5. The monoisotopic (exact) mass is 487 g/mol. The lowest BCUT2D eigenvalue weighted by Gasteiger charge is -2.12. The van der Waals surface area contributed by atoms with Gasteiger partial charge in [0.05, 0.1) is 19.6 Å². The first kappa shape index (κ1) is 27.0. The lowest BCUT2D eigenvalue weighted by atomic mass is 10.0. The highest BCUT2D eigenvalue weighted by atomic mass is 16.5. The molecule has 0 amide bonds. The summed E-state index contributed by atoms with van der Waals surface area (Å²) in [6.45, 7) is 1.15. The van der Waals surface area contributed by atoms with E-state index in [2.05, 4.69) is 0 Å². The highest BCUT2D eigenvalue weighted by Crippen LogP contribution is 2.17. The molecule has 0 fully saturated rings. The normalized spacial score (nSPS) is 10.6. The maximum Gasteiger partial charge on any atom is 0.310 e. The second kappa shape index (κ2) is 14.7. The highest BCUT2D eigenvalue weighted by molar-refractivity contribution is 6.08. The summed E-state index contributed by atoms with van der Waals surface area (Å²) in [7, 11) is 3.99. The summed E-state index contributed by atoms with van der Waals surface area (Å²) in [6.07, 6.45) is 6.64. The summed E-state index contributed by atoms with van der Waals surface area (Å²) in [5, 5.41) is 0. The van der Waals surface area contributed by atoms with Crippen LogP contribution in [0.5, 0.6) is 5.75 Å². The zero-order valence-corrected chi connectivity index (χ0v) is 21.4. The molecule has 3 rings (SSSR count). The second-order valence-electron chi connectivity index (χ2n) is 9.15. The summed E-state index contributed by atoms with van der Waals surface area (Å²) in [5.74, 6) is 0.643. The Morgan fingerprint density at radius 3 is 1.89 bits per heavy atom.